The van der Waals surface area contributed by atoms with E-state index in [1.807, 2.05) is 0 Å². The van der Waals surface area contributed by atoms with E-state index >= 15 is 0 Å². The van der Waals surface area contributed by atoms with Gasteiger partial charge in [-0.2, -0.15) is 0 Å². The third-order valence-electron chi connectivity index (χ3n) is 9.38. The Morgan fingerprint density at radius 3 is 1.09 bits per heavy atom. The minimum Gasteiger partial charge on any atom is -0.455 e. The summed E-state index contributed by atoms with van der Waals surface area (Å²) in [7, 11) is 0. The van der Waals surface area contributed by atoms with Gasteiger partial charge in [0, 0.05) is 25.0 Å². The Hall–Kier alpha value is -5.38. The van der Waals surface area contributed by atoms with Crippen molar-refractivity contribution in [3.63, 3.8) is 0 Å². The van der Waals surface area contributed by atoms with Crippen molar-refractivity contribution in [2.75, 3.05) is 0 Å². The van der Waals surface area contributed by atoms with E-state index in [2.05, 4.69) is 27.0 Å². The van der Waals surface area contributed by atoms with E-state index in [1.54, 1.807) is 48.5 Å². The molecule has 0 heterocycles. The van der Waals surface area contributed by atoms with Crippen molar-refractivity contribution in [1.29, 1.82) is 0 Å². The fourth-order valence-corrected chi connectivity index (χ4v) is 6.08. The summed E-state index contributed by atoms with van der Waals surface area (Å²) in [5.74, 6) is -0.888. The highest BCUT2D eigenvalue weighted by atomic mass is 16.7. The predicted molar refractivity (Wildman–Crippen MR) is 225 cm³/mol. The maximum atomic E-state index is 12.9. The molecular formula is C48H62O10. The Bertz CT molecular complexity index is 1660. The Labute approximate surface area is 344 Å². The number of hydrogen-bond donors (Lipinski definition) is 0. The van der Waals surface area contributed by atoms with Gasteiger partial charge in [-0.1, -0.05) is 117 Å². The zero-order valence-electron chi connectivity index (χ0n) is 34.5. The van der Waals surface area contributed by atoms with Gasteiger partial charge in [0.2, 0.25) is 12.6 Å². The number of unbranched alkanes of at least 4 members (excludes halogenated alkanes) is 14. The number of hydrogen-bond acceptors (Lipinski definition) is 10. The summed E-state index contributed by atoms with van der Waals surface area (Å²) >= 11 is 0. The number of carbonyl (C=O) groups is 4. The molecule has 0 amide bonds. The van der Waals surface area contributed by atoms with Crippen molar-refractivity contribution < 1.29 is 47.6 Å². The van der Waals surface area contributed by atoms with Gasteiger partial charge < -0.3 is 28.4 Å². The first-order chi connectivity index (χ1) is 28.2. The van der Waals surface area contributed by atoms with Crippen LogP contribution in [0.2, 0.25) is 0 Å². The quantitative estimate of drug-likeness (QED) is 0.0212. The molecular weight excluding hydrogens is 737 g/mol. The molecule has 10 heteroatoms. The van der Waals surface area contributed by atoms with Crippen LogP contribution in [0, 0.1) is 0 Å². The largest absolute Gasteiger partial charge is 0.455 e. The molecule has 0 N–H and O–H groups in total. The summed E-state index contributed by atoms with van der Waals surface area (Å²) in [6.07, 6.45) is 20.2. The molecule has 58 heavy (non-hydrogen) atoms. The number of benzene rings is 3. The van der Waals surface area contributed by atoms with Crippen molar-refractivity contribution in [1.82, 2.24) is 0 Å². The van der Waals surface area contributed by atoms with Crippen LogP contribution in [-0.4, -0.2) is 36.5 Å². The highest BCUT2D eigenvalue weighted by molar-refractivity contribution is 5.92. The fourth-order valence-electron chi connectivity index (χ4n) is 6.08. The Morgan fingerprint density at radius 2 is 0.741 bits per heavy atom. The van der Waals surface area contributed by atoms with Gasteiger partial charge in [-0.15, -0.1) is 0 Å². The Balaban J connectivity index is 1.46. The van der Waals surface area contributed by atoms with Gasteiger partial charge in [0.15, 0.2) is 0 Å². The molecule has 3 aromatic carbocycles. The Morgan fingerprint density at radius 1 is 0.448 bits per heavy atom. The average molecular weight is 799 g/mol. The minimum absolute atomic E-state index is 0.240. The third-order valence-corrected chi connectivity index (χ3v) is 9.38. The van der Waals surface area contributed by atoms with Gasteiger partial charge in [-0.05, 0) is 85.6 Å². The molecule has 0 aliphatic rings. The van der Waals surface area contributed by atoms with E-state index in [0.29, 0.717) is 30.1 Å². The van der Waals surface area contributed by atoms with Crippen LogP contribution in [-0.2, 0) is 19.1 Å². The second-order valence-corrected chi connectivity index (χ2v) is 14.2. The number of esters is 4. The summed E-state index contributed by atoms with van der Waals surface area (Å²) in [5.41, 5.74) is 0.534. The van der Waals surface area contributed by atoms with E-state index in [-0.39, 0.29) is 16.9 Å². The van der Waals surface area contributed by atoms with E-state index in [9.17, 15) is 19.2 Å². The molecule has 3 rings (SSSR count). The van der Waals surface area contributed by atoms with Crippen molar-refractivity contribution in [2.45, 2.75) is 142 Å². The monoisotopic (exact) mass is 798 g/mol. The van der Waals surface area contributed by atoms with Crippen molar-refractivity contribution in [2.24, 2.45) is 0 Å². The fraction of sp³-hybridized carbons (Fsp3) is 0.458. The highest BCUT2D eigenvalue weighted by Gasteiger charge is 2.18. The number of carbonyl (C=O) groups excluding carboxylic acids is 4. The first-order valence-corrected chi connectivity index (χ1v) is 21.0. The normalized spacial score (nSPS) is 11.8. The Kier molecular flexibility index (Phi) is 22.8. The molecule has 0 spiro atoms. The summed E-state index contributed by atoms with van der Waals surface area (Å²) in [5, 5.41) is 0. The topological polar surface area (TPSA) is 124 Å². The van der Waals surface area contributed by atoms with E-state index < -0.39 is 36.5 Å². The molecule has 3 aromatic rings. The summed E-state index contributed by atoms with van der Waals surface area (Å²) in [6, 6.07) is 18.8. The van der Waals surface area contributed by atoms with Gasteiger partial charge in [-0.3, -0.25) is 0 Å². The van der Waals surface area contributed by atoms with Gasteiger partial charge in [-0.25, -0.2) is 19.2 Å². The average Bonchev–Trinajstić information content (AvgIpc) is 3.23. The maximum Gasteiger partial charge on any atom is 0.343 e. The van der Waals surface area contributed by atoms with E-state index in [1.165, 1.54) is 88.5 Å². The van der Waals surface area contributed by atoms with Crippen molar-refractivity contribution >= 4 is 23.9 Å². The summed E-state index contributed by atoms with van der Waals surface area (Å²) in [6.45, 7) is 11.4. The van der Waals surface area contributed by atoms with Crippen LogP contribution in [0.25, 0.3) is 0 Å². The second kappa shape index (κ2) is 28.1. The molecule has 0 fully saturated rings. The lowest BCUT2D eigenvalue weighted by atomic mass is 10.1. The molecule has 0 aliphatic heterocycles. The van der Waals surface area contributed by atoms with Crippen LogP contribution >= 0.6 is 0 Å². The lowest BCUT2D eigenvalue weighted by molar-refractivity contribution is -0.159. The lowest BCUT2D eigenvalue weighted by Gasteiger charge is -2.19. The predicted octanol–water partition coefficient (Wildman–Crippen LogP) is 12.1. The van der Waals surface area contributed by atoms with Crippen LogP contribution in [0.3, 0.4) is 0 Å². The van der Waals surface area contributed by atoms with Gasteiger partial charge in [0.05, 0.1) is 11.1 Å². The van der Waals surface area contributed by atoms with Gasteiger partial charge >= 0.3 is 23.9 Å². The number of rotatable bonds is 30. The maximum absolute atomic E-state index is 12.9. The SMILES string of the molecule is C=CC(=O)OC(CCCCCCCCCC)Oc1ccc(OC(=O)c2ccc(OC(=O)c3ccc(OC(CCCCCCCCCC)OC(=O)C=C)cc3)cc2)cc1. The molecule has 0 aliphatic carbocycles. The summed E-state index contributed by atoms with van der Waals surface area (Å²) in [4.78, 5) is 49.6. The number of ether oxygens (including phenoxy) is 6. The molecule has 10 nitrogen and oxygen atoms in total. The molecule has 2 atom stereocenters. The molecule has 0 saturated carbocycles. The molecule has 0 saturated heterocycles. The van der Waals surface area contributed by atoms with Gasteiger partial charge in [0.25, 0.3) is 0 Å². The van der Waals surface area contributed by atoms with Crippen molar-refractivity contribution in [3.05, 3.63) is 109 Å². The smallest absolute Gasteiger partial charge is 0.343 e. The molecule has 0 radical (unpaired) electrons. The summed E-state index contributed by atoms with van der Waals surface area (Å²) < 4.78 is 33.7. The second-order valence-electron chi connectivity index (χ2n) is 14.2. The molecule has 2 unspecified atom stereocenters. The third kappa shape index (κ3) is 19.2. The standard InChI is InChI=1S/C48H62O10/c1-5-9-11-13-15-17-19-21-23-45(57-43(49)7-3)53-39-29-25-37(26-30-39)47(51)55-41-31-27-38(28-32-41)48(52)56-42-35-33-40(34-36-42)54-46(58-44(50)8-4)24-22-20-18-16-14-12-10-6-2/h7-8,25-36,45-46H,3-6,9-24H2,1-2H3. The van der Waals surface area contributed by atoms with Crippen LogP contribution in [0.5, 0.6) is 23.0 Å². The first kappa shape index (κ1) is 47.0. The van der Waals surface area contributed by atoms with Crippen LogP contribution in [0.1, 0.15) is 150 Å². The van der Waals surface area contributed by atoms with Gasteiger partial charge in [0.1, 0.15) is 23.0 Å². The van der Waals surface area contributed by atoms with Crippen LogP contribution in [0.15, 0.2) is 98.1 Å². The highest BCUT2D eigenvalue weighted by Crippen LogP contribution is 2.24. The minimum atomic E-state index is -0.774. The van der Waals surface area contributed by atoms with Crippen molar-refractivity contribution in [3.8, 4) is 23.0 Å². The zero-order chi connectivity index (χ0) is 41.8. The molecule has 314 valence electrons. The van der Waals surface area contributed by atoms with E-state index in [0.717, 1.165) is 50.7 Å². The zero-order valence-corrected chi connectivity index (χ0v) is 34.5. The van der Waals surface area contributed by atoms with Crippen LogP contribution in [0.4, 0.5) is 0 Å². The molecule has 0 bridgehead atoms. The van der Waals surface area contributed by atoms with Crippen LogP contribution < -0.4 is 18.9 Å². The lowest BCUT2D eigenvalue weighted by Crippen LogP contribution is -2.23. The van der Waals surface area contributed by atoms with E-state index in [4.69, 9.17) is 28.4 Å². The first-order valence-electron chi connectivity index (χ1n) is 21.0. The molecule has 0 aromatic heterocycles.